The van der Waals surface area contributed by atoms with Crippen LogP contribution in [0.25, 0.3) is 5.52 Å². The molecule has 0 aliphatic carbocycles. The first kappa shape index (κ1) is 11.6. The summed E-state index contributed by atoms with van der Waals surface area (Å²) >= 11 is 11.8. The fourth-order valence-corrected chi connectivity index (χ4v) is 2.24. The second-order valence-corrected chi connectivity index (χ2v) is 4.99. The average Bonchev–Trinajstić information content (AvgIpc) is 2.74. The van der Waals surface area contributed by atoms with E-state index >= 15 is 0 Å². The molecule has 0 unspecified atom stereocenters. The first-order valence-electron chi connectivity index (χ1n) is 5.58. The monoisotopic (exact) mass is 276 g/mol. The lowest BCUT2D eigenvalue weighted by atomic mass is 10.1. The highest BCUT2D eigenvalue weighted by Crippen LogP contribution is 2.17. The Bertz CT molecular complexity index is 687. The first-order valence-corrected chi connectivity index (χ1v) is 6.34. The fraction of sp³-hybridized carbons (Fsp3) is 0.0714. The van der Waals surface area contributed by atoms with E-state index in [-0.39, 0.29) is 0 Å². The van der Waals surface area contributed by atoms with E-state index in [4.69, 9.17) is 23.2 Å². The van der Waals surface area contributed by atoms with E-state index in [0.717, 1.165) is 27.8 Å². The van der Waals surface area contributed by atoms with Gasteiger partial charge in [-0.05, 0) is 29.8 Å². The molecule has 4 heteroatoms. The van der Waals surface area contributed by atoms with Crippen LogP contribution in [0.2, 0.25) is 10.0 Å². The fourth-order valence-electron chi connectivity index (χ4n) is 1.94. The van der Waals surface area contributed by atoms with Crippen LogP contribution in [-0.4, -0.2) is 9.38 Å². The van der Waals surface area contributed by atoms with Gasteiger partial charge in [-0.2, -0.15) is 0 Å². The molecule has 0 bridgehead atoms. The highest BCUT2D eigenvalue weighted by Gasteiger charge is 2.05. The van der Waals surface area contributed by atoms with Crippen LogP contribution in [0.5, 0.6) is 0 Å². The lowest BCUT2D eigenvalue weighted by Gasteiger charge is -2.02. The lowest BCUT2D eigenvalue weighted by molar-refractivity contribution is 0.962. The van der Waals surface area contributed by atoms with Crippen LogP contribution >= 0.6 is 23.2 Å². The third-order valence-corrected chi connectivity index (χ3v) is 3.33. The van der Waals surface area contributed by atoms with E-state index in [1.807, 2.05) is 53.2 Å². The van der Waals surface area contributed by atoms with Crippen LogP contribution in [0.4, 0.5) is 0 Å². The summed E-state index contributed by atoms with van der Waals surface area (Å²) < 4.78 is 2.04. The third-order valence-electron chi connectivity index (χ3n) is 2.85. The van der Waals surface area contributed by atoms with Crippen LogP contribution in [0.1, 0.15) is 11.4 Å². The molecule has 0 aliphatic rings. The maximum absolute atomic E-state index is 5.95. The number of fused-ring (bicyclic) bond motifs is 1. The van der Waals surface area contributed by atoms with Gasteiger partial charge in [-0.3, -0.25) is 0 Å². The standard InChI is InChI=1S/C14H10Cl2N2/c15-11-3-1-10(2-4-11)7-14-17-9-13-8-12(16)5-6-18(13)14/h1-6,8-9H,7H2. The van der Waals surface area contributed by atoms with Gasteiger partial charge >= 0.3 is 0 Å². The van der Waals surface area contributed by atoms with Crippen molar-refractivity contribution in [3.8, 4) is 0 Å². The number of imidazole rings is 1. The second-order valence-electron chi connectivity index (χ2n) is 4.12. The Morgan fingerprint density at radius 3 is 2.56 bits per heavy atom. The average molecular weight is 277 g/mol. The van der Waals surface area contributed by atoms with Gasteiger partial charge in [0.05, 0.1) is 11.7 Å². The zero-order valence-electron chi connectivity index (χ0n) is 9.48. The molecule has 0 atom stereocenters. The normalized spacial score (nSPS) is 11.0. The minimum atomic E-state index is 0.723. The summed E-state index contributed by atoms with van der Waals surface area (Å²) in [6.45, 7) is 0. The van der Waals surface area contributed by atoms with Crippen molar-refractivity contribution < 1.29 is 0 Å². The molecule has 2 heterocycles. The predicted octanol–water partition coefficient (Wildman–Crippen LogP) is 4.23. The van der Waals surface area contributed by atoms with Crippen LogP contribution < -0.4 is 0 Å². The molecule has 1 aromatic carbocycles. The highest BCUT2D eigenvalue weighted by atomic mass is 35.5. The van der Waals surface area contributed by atoms with Gasteiger partial charge in [-0.25, -0.2) is 4.98 Å². The molecule has 18 heavy (non-hydrogen) atoms. The van der Waals surface area contributed by atoms with Crippen molar-refractivity contribution in [2.75, 3.05) is 0 Å². The summed E-state index contributed by atoms with van der Waals surface area (Å²) in [6, 6.07) is 11.6. The number of benzene rings is 1. The van der Waals surface area contributed by atoms with Gasteiger partial charge in [0.25, 0.3) is 0 Å². The number of hydrogen-bond acceptors (Lipinski definition) is 1. The smallest absolute Gasteiger partial charge is 0.117 e. The molecule has 90 valence electrons. The Labute approximate surface area is 115 Å². The third kappa shape index (κ3) is 2.22. The van der Waals surface area contributed by atoms with Crippen molar-refractivity contribution in [2.45, 2.75) is 6.42 Å². The largest absolute Gasteiger partial charge is 0.303 e. The van der Waals surface area contributed by atoms with Gasteiger partial charge in [0.15, 0.2) is 0 Å². The lowest BCUT2D eigenvalue weighted by Crippen LogP contribution is -1.95. The van der Waals surface area contributed by atoms with Crippen molar-refractivity contribution in [2.24, 2.45) is 0 Å². The number of rotatable bonds is 2. The van der Waals surface area contributed by atoms with Gasteiger partial charge in [0.1, 0.15) is 5.82 Å². The molecule has 0 saturated heterocycles. The molecule has 2 nitrogen and oxygen atoms in total. The Morgan fingerprint density at radius 2 is 1.78 bits per heavy atom. The predicted molar refractivity (Wildman–Crippen MR) is 74.5 cm³/mol. The molecule has 0 fully saturated rings. The zero-order chi connectivity index (χ0) is 12.5. The van der Waals surface area contributed by atoms with Gasteiger partial charge in [0.2, 0.25) is 0 Å². The van der Waals surface area contributed by atoms with E-state index in [2.05, 4.69) is 4.98 Å². The van der Waals surface area contributed by atoms with Crippen LogP contribution in [-0.2, 0) is 6.42 Å². The van der Waals surface area contributed by atoms with Crippen molar-refractivity contribution in [1.29, 1.82) is 0 Å². The van der Waals surface area contributed by atoms with Crippen LogP contribution in [0.3, 0.4) is 0 Å². The number of halogens is 2. The molecule has 0 N–H and O–H groups in total. The number of aromatic nitrogens is 2. The van der Waals surface area contributed by atoms with Crippen molar-refractivity contribution in [1.82, 2.24) is 9.38 Å². The van der Waals surface area contributed by atoms with Crippen LogP contribution in [0, 0.1) is 0 Å². The molecule has 2 aromatic heterocycles. The molecular weight excluding hydrogens is 267 g/mol. The van der Waals surface area contributed by atoms with Gasteiger partial charge < -0.3 is 4.40 Å². The number of pyridine rings is 1. The Kier molecular flexibility index (Phi) is 2.98. The Morgan fingerprint density at radius 1 is 1.00 bits per heavy atom. The molecule has 0 radical (unpaired) electrons. The maximum Gasteiger partial charge on any atom is 0.117 e. The highest BCUT2D eigenvalue weighted by molar-refractivity contribution is 6.31. The van der Waals surface area contributed by atoms with Crippen molar-refractivity contribution in [3.05, 3.63) is 70.2 Å². The topological polar surface area (TPSA) is 17.3 Å². The van der Waals surface area contributed by atoms with E-state index in [0.29, 0.717) is 0 Å². The summed E-state index contributed by atoms with van der Waals surface area (Å²) in [6.07, 6.45) is 4.54. The molecule has 3 aromatic rings. The molecule has 3 rings (SSSR count). The van der Waals surface area contributed by atoms with Gasteiger partial charge in [0, 0.05) is 22.7 Å². The minimum Gasteiger partial charge on any atom is -0.303 e. The summed E-state index contributed by atoms with van der Waals surface area (Å²) in [7, 11) is 0. The Balaban J connectivity index is 1.97. The van der Waals surface area contributed by atoms with Gasteiger partial charge in [-0.1, -0.05) is 35.3 Å². The van der Waals surface area contributed by atoms with Crippen LogP contribution in [0.15, 0.2) is 48.8 Å². The molecule has 0 spiro atoms. The van der Waals surface area contributed by atoms with Gasteiger partial charge in [-0.15, -0.1) is 0 Å². The summed E-state index contributed by atoms with van der Waals surface area (Å²) in [5.41, 5.74) is 2.19. The summed E-state index contributed by atoms with van der Waals surface area (Å²) in [4.78, 5) is 4.43. The number of hydrogen-bond donors (Lipinski definition) is 0. The first-order chi connectivity index (χ1) is 8.72. The molecule has 0 aliphatic heterocycles. The van der Waals surface area contributed by atoms with E-state index < -0.39 is 0 Å². The minimum absolute atomic E-state index is 0.723. The maximum atomic E-state index is 5.95. The van der Waals surface area contributed by atoms with Crippen molar-refractivity contribution in [3.63, 3.8) is 0 Å². The quantitative estimate of drug-likeness (QED) is 0.685. The second kappa shape index (κ2) is 4.63. The summed E-state index contributed by atoms with van der Waals surface area (Å²) in [5, 5.41) is 1.47. The van der Waals surface area contributed by atoms with E-state index in [1.54, 1.807) is 0 Å². The zero-order valence-corrected chi connectivity index (χ0v) is 11.0. The van der Waals surface area contributed by atoms with E-state index in [1.165, 1.54) is 5.56 Å². The van der Waals surface area contributed by atoms with Crippen molar-refractivity contribution >= 4 is 28.7 Å². The number of nitrogens with zero attached hydrogens (tertiary/aromatic N) is 2. The summed E-state index contributed by atoms with van der Waals surface area (Å²) in [5.74, 6) is 0.990. The Hall–Kier alpha value is -1.51. The molecule has 0 amide bonds. The SMILES string of the molecule is Clc1ccc(Cc2ncc3cc(Cl)ccn23)cc1. The molecule has 0 saturated carbocycles. The van der Waals surface area contributed by atoms with E-state index in [9.17, 15) is 0 Å². The molecular formula is C14H10Cl2N2.